The molecule has 2 atom stereocenters. The molecule has 0 aliphatic heterocycles. The second-order valence-electron chi connectivity index (χ2n) is 8.03. The van der Waals surface area contributed by atoms with Gasteiger partial charge in [0.15, 0.2) is 0 Å². The number of rotatable bonds is 11. The molecule has 0 aliphatic rings. The van der Waals surface area contributed by atoms with E-state index in [1.54, 1.807) is 19.9 Å². The summed E-state index contributed by atoms with van der Waals surface area (Å²) in [6.45, 7) is 2.90. The van der Waals surface area contributed by atoms with Gasteiger partial charge < -0.3 is 30.0 Å². The van der Waals surface area contributed by atoms with E-state index in [1.807, 2.05) is 0 Å². The number of carbonyl (C=O) groups is 2. The quantitative estimate of drug-likeness (QED) is 0.440. The molecule has 0 aliphatic carbocycles. The number of hydrogen-bond acceptors (Lipinski definition) is 6. The molecule has 0 spiro atoms. The van der Waals surface area contributed by atoms with Crippen molar-refractivity contribution in [3.63, 3.8) is 0 Å². The lowest BCUT2D eigenvalue weighted by atomic mass is 10.0. The van der Waals surface area contributed by atoms with Crippen molar-refractivity contribution in [1.29, 1.82) is 0 Å². The lowest BCUT2D eigenvalue weighted by Crippen LogP contribution is -2.51. The summed E-state index contributed by atoms with van der Waals surface area (Å²) < 4.78 is 53.9. The Bertz CT molecular complexity index is 991. The Morgan fingerprint density at radius 1 is 1.00 bits per heavy atom. The second-order valence-corrected chi connectivity index (χ2v) is 8.03. The zero-order valence-electron chi connectivity index (χ0n) is 19.8. The van der Waals surface area contributed by atoms with Crippen LogP contribution in [0.2, 0.25) is 0 Å². The van der Waals surface area contributed by atoms with Gasteiger partial charge in [-0.15, -0.1) is 0 Å². The monoisotopic (exact) mass is 498 g/mol. The zero-order valence-corrected chi connectivity index (χ0v) is 19.8. The summed E-state index contributed by atoms with van der Waals surface area (Å²) in [4.78, 5) is 25.4. The van der Waals surface area contributed by atoms with Crippen LogP contribution in [0.5, 0.6) is 17.2 Å². The molecule has 2 aromatic carbocycles. The summed E-state index contributed by atoms with van der Waals surface area (Å²) in [7, 11) is 2.89. The van der Waals surface area contributed by atoms with Gasteiger partial charge in [0, 0.05) is 18.2 Å². The van der Waals surface area contributed by atoms with Gasteiger partial charge in [0.2, 0.25) is 5.91 Å². The first-order valence-electron chi connectivity index (χ1n) is 10.7. The molecule has 0 bridgehead atoms. The predicted octanol–water partition coefficient (Wildman–Crippen LogP) is 3.03. The number of aliphatic hydroxyl groups is 1. The predicted molar refractivity (Wildman–Crippen MR) is 122 cm³/mol. The van der Waals surface area contributed by atoms with Crippen molar-refractivity contribution in [1.82, 2.24) is 10.6 Å². The average Bonchev–Trinajstić information content (AvgIpc) is 2.83. The number of nitrogens with one attached hydrogen (secondary N) is 2. The molecule has 0 saturated heterocycles. The van der Waals surface area contributed by atoms with Crippen LogP contribution in [0.15, 0.2) is 42.5 Å². The SMILES string of the molecule is COc1cc(OC)cc(C(=O)NC(C(=O)NCC(O)COc2cccc(C(F)(F)F)c2)C(C)C)c1. The van der Waals surface area contributed by atoms with Crippen LogP contribution in [-0.2, 0) is 11.0 Å². The van der Waals surface area contributed by atoms with Crippen molar-refractivity contribution in [3.05, 3.63) is 53.6 Å². The van der Waals surface area contributed by atoms with Gasteiger partial charge in [-0.1, -0.05) is 19.9 Å². The molecule has 2 rings (SSSR count). The summed E-state index contributed by atoms with van der Waals surface area (Å²) in [5, 5.41) is 15.3. The standard InChI is InChI=1S/C24H29F3N2O6/c1-14(2)21(29-22(31)15-8-19(33-3)11-20(9-15)34-4)23(32)28-12-17(30)13-35-18-7-5-6-16(10-18)24(25,26)27/h5-11,14,17,21,30H,12-13H2,1-4H3,(H,28,32)(H,29,31). The van der Waals surface area contributed by atoms with Crippen molar-refractivity contribution in [3.8, 4) is 17.2 Å². The number of benzene rings is 2. The van der Waals surface area contributed by atoms with Crippen molar-refractivity contribution in [2.45, 2.75) is 32.2 Å². The molecular weight excluding hydrogens is 469 g/mol. The van der Waals surface area contributed by atoms with E-state index in [9.17, 15) is 27.9 Å². The molecule has 0 fully saturated rings. The molecule has 8 nitrogen and oxygen atoms in total. The maximum atomic E-state index is 12.8. The number of methoxy groups -OCH3 is 2. The molecule has 2 amide bonds. The van der Waals surface area contributed by atoms with Crippen LogP contribution in [0.3, 0.4) is 0 Å². The maximum Gasteiger partial charge on any atom is 0.416 e. The fourth-order valence-electron chi connectivity index (χ4n) is 3.04. The summed E-state index contributed by atoms with van der Waals surface area (Å²) in [6, 6.07) is 7.94. The van der Waals surface area contributed by atoms with E-state index in [4.69, 9.17) is 14.2 Å². The summed E-state index contributed by atoms with van der Waals surface area (Å²) in [5.74, 6) is -0.602. The lowest BCUT2D eigenvalue weighted by Gasteiger charge is -2.23. The molecule has 0 saturated carbocycles. The van der Waals surface area contributed by atoms with E-state index < -0.39 is 35.7 Å². The van der Waals surface area contributed by atoms with E-state index in [1.165, 1.54) is 38.5 Å². The summed E-state index contributed by atoms with van der Waals surface area (Å²) in [6.07, 6.45) is -5.71. The smallest absolute Gasteiger partial charge is 0.416 e. The number of halogens is 3. The molecule has 192 valence electrons. The average molecular weight is 498 g/mol. The Morgan fingerprint density at radius 3 is 2.17 bits per heavy atom. The molecular formula is C24H29F3N2O6. The van der Waals surface area contributed by atoms with Crippen LogP contribution >= 0.6 is 0 Å². The second kappa shape index (κ2) is 12.3. The van der Waals surface area contributed by atoms with Gasteiger partial charge in [0.25, 0.3) is 5.91 Å². The molecule has 11 heteroatoms. The third kappa shape index (κ3) is 8.36. The lowest BCUT2D eigenvalue weighted by molar-refractivity contribution is -0.137. The van der Waals surface area contributed by atoms with Gasteiger partial charge in [0.05, 0.1) is 19.8 Å². The van der Waals surface area contributed by atoms with Gasteiger partial charge in [-0.25, -0.2) is 0 Å². The van der Waals surface area contributed by atoms with Crippen molar-refractivity contribution in [2.24, 2.45) is 5.92 Å². The maximum absolute atomic E-state index is 12.8. The molecule has 35 heavy (non-hydrogen) atoms. The Balaban J connectivity index is 1.94. The first kappa shape index (κ1) is 27.8. The summed E-state index contributed by atoms with van der Waals surface area (Å²) in [5.41, 5.74) is -0.642. The van der Waals surface area contributed by atoms with Gasteiger partial charge >= 0.3 is 6.18 Å². The Morgan fingerprint density at radius 2 is 1.63 bits per heavy atom. The van der Waals surface area contributed by atoms with E-state index in [-0.39, 0.29) is 30.4 Å². The molecule has 3 N–H and O–H groups in total. The minimum absolute atomic E-state index is 0.0637. The fourth-order valence-corrected chi connectivity index (χ4v) is 3.04. The van der Waals surface area contributed by atoms with Crippen LogP contribution in [-0.4, -0.2) is 56.4 Å². The van der Waals surface area contributed by atoms with Crippen molar-refractivity contribution in [2.75, 3.05) is 27.4 Å². The molecule has 2 unspecified atom stereocenters. The Hall–Kier alpha value is -3.47. The van der Waals surface area contributed by atoms with Gasteiger partial charge in [-0.05, 0) is 36.2 Å². The highest BCUT2D eigenvalue weighted by molar-refractivity contribution is 5.98. The first-order valence-corrected chi connectivity index (χ1v) is 10.7. The minimum Gasteiger partial charge on any atom is -0.497 e. The largest absolute Gasteiger partial charge is 0.497 e. The Labute approximate surface area is 201 Å². The molecule has 2 aromatic rings. The first-order chi connectivity index (χ1) is 16.4. The number of amides is 2. The Kier molecular flexibility index (Phi) is 9.76. The number of ether oxygens (including phenoxy) is 3. The van der Waals surface area contributed by atoms with Crippen molar-refractivity contribution < 1.29 is 42.1 Å². The third-order valence-electron chi connectivity index (χ3n) is 4.97. The molecule has 0 aromatic heterocycles. The van der Waals surface area contributed by atoms with Gasteiger partial charge in [-0.3, -0.25) is 9.59 Å². The third-order valence-corrected chi connectivity index (χ3v) is 4.97. The molecule has 0 heterocycles. The van der Waals surface area contributed by atoms with E-state index >= 15 is 0 Å². The van der Waals surface area contributed by atoms with Crippen molar-refractivity contribution >= 4 is 11.8 Å². The van der Waals surface area contributed by atoms with Crippen LogP contribution in [0, 0.1) is 5.92 Å². The van der Waals surface area contributed by atoms with Gasteiger partial charge in [0.1, 0.15) is 36.0 Å². The van der Waals surface area contributed by atoms with Crippen LogP contribution in [0.25, 0.3) is 0 Å². The fraction of sp³-hybridized carbons (Fsp3) is 0.417. The van der Waals surface area contributed by atoms with E-state index in [0.717, 1.165) is 12.1 Å². The molecule has 0 radical (unpaired) electrons. The van der Waals surface area contributed by atoms with E-state index in [0.29, 0.717) is 11.5 Å². The van der Waals surface area contributed by atoms with Gasteiger partial charge in [-0.2, -0.15) is 13.2 Å². The van der Waals surface area contributed by atoms with Crippen LogP contribution in [0.4, 0.5) is 13.2 Å². The highest BCUT2D eigenvalue weighted by atomic mass is 19.4. The zero-order chi connectivity index (χ0) is 26.2. The van der Waals surface area contributed by atoms with Crippen LogP contribution in [0.1, 0.15) is 29.8 Å². The minimum atomic E-state index is -4.52. The number of carbonyl (C=O) groups excluding carboxylic acids is 2. The number of alkyl halides is 3. The topological polar surface area (TPSA) is 106 Å². The van der Waals surface area contributed by atoms with Crippen LogP contribution < -0.4 is 24.8 Å². The highest BCUT2D eigenvalue weighted by Gasteiger charge is 2.30. The highest BCUT2D eigenvalue weighted by Crippen LogP contribution is 2.31. The van der Waals surface area contributed by atoms with E-state index in [2.05, 4.69) is 10.6 Å². The number of hydrogen-bond donors (Lipinski definition) is 3. The number of aliphatic hydroxyl groups excluding tert-OH is 1. The summed E-state index contributed by atoms with van der Waals surface area (Å²) >= 11 is 0. The normalized spacial score (nSPS) is 13.1.